The topological polar surface area (TPSA) is 90.2 Å². The number of allylic oxidation sites excluding steroid dienone is 1. The van der Waals surface area contributed by atoms with E-state index in [1.807, 2.05) is 0 Å². The molecule has 0 fully saturated rings. The van der Waals surface area contributed by atoms with Crippen molar-refractivity contribution < 1.29 is 17.9 Å². The number of halogens is 3. The van der Waals surface area contributed by atoms with Crippen LogP contribution in [0.2, 0.25) is 5.02 Å². The van der Waals surface area contributed by atoms with E-state index >= 15 is 0 Å². The van der Waals surface area contributed by atoms with Crippen LogP contribution in [0.15, 0.2) is 33.3 Å². The zero-order valence-corrected chi connectivity index (χ0v) is 12.7. The highest BCUT2D eigenvalue weighted by atomic mass is 79.9. The molecule has 0 aromatic heterocycles. The number of rotatable bonds is 3. The molecule has 0 heterocycles. The van der Waals surface area contributed by atoms with Crippen molar-refractivity contribution in [3.63, 3.8) is 0 Å². The van der Waals surface area contributed by atoms with Gasteiger partial charge in [0.05, 0.1) is 10.8 Å². The zero-order valence-electron chi connectivity index (χ0n) is 9.54. The third-order valence-electron chi connectivity index (χ3n) is 1.86. The molecule has 0 aliphatic heterocycles. The van der Waals surface area contributed by atoms with E-state index in [9.17, 15) is 12.8 Å². The van der Waals surface area contributed by atoms with Gasteiger partial charge >= 0.3 is 0 Å². The summed E-state index contributed by atoms with van der Waals surface area (Å²) in [5.74, 6) is -1.87. The van der Waals surface area contributed by atoms with Crippen LogP contribution in [0, 0.1) is 11.2 Å². The summed E-state index contributed by atoms with van der Waals surface area (Å²) >= 11 is 8.66. The molecule has 0 unspecified atom stereocenters. The van der Waals surface area contributed by atoms with Crippen LogP contribution in [-0.2, 0) is 10.0 Å². The molecular formula is C10H9BrClFN2O3S. The molecule has 1 aromatic carbocycles. The van der Waals surface area contributed by atoms with Crippen molar-refractivity contribution in [2.24, 2.45) is 0 Å². The predicted molar refractivity (Wildman–Crippen MR) is 73.5 cm³/mol. The molecule has 0 aliphatic carbocycles. The fraction of sp³-hybridized carbons (Fsp3) is 0.100. The lowest BCUT2D eigenvalue weighted by Crippen LogP contribution is -2.29. The Morgan fingerprint density at radius 1 is 1.58 bits per heavy atom. The minimum atomic E-state index is -4.29. The monoisotopic (exact) mass is 370 g/mol. The molecule has 0 bridgehead atoms. The average Bonchev–Trinajstić information content (AvgIpc) is 2.20. The van der Waals surface area contributed by atoms with Gasteiger partial charge in [0, 0.05) is 10.5 Å². The van der Waals surface area contributed by atoms with Crippen molar-refractivity contribution in [3.8, 4) is 0 Å². The summed E-state index contributed by atoms with van der Waals surface area (Å²) in [4.78, 5) is -0.686. The number of nitrogens with one attached hydrogen (secondary N) is 2. The van der Waals surface area contributed by atoms with E-state index in [1.54, 1.807) is 4.72 Å². The van der Waals surface area contributed by atoms with Crippen molar-refractivity contribution in [1.29, 1.82) is 5.41 Å². The molecule has 104 valence electrons. The standard InChI is InChI=1S/C10H9BrClFN2O3S/c1-5(16)2-10(14)15-19(17,18)9-4-7(12)6(11)3-8(9)13/h2-4,16H,1H3,(H2,14,15)/b5-2-. The summed E-state index contributed by atoms with van der Waals surface area (Å²) in [5, 5.41) is 16.2. The lowest BCUT2D eigenvalue weighted by molar-refractivity contribution is 0.415. The Hall–Kier alpha value is -1.12. The highest BCUT2D eigenvalue weighted by molar-refractivity contribution is 9.10. The van der Waals surface area contributed by atoms with E-state index in [-0.39, 0.29) is 15.3 Å². The molecule has 1 aromatic rings. The Labute approximate surface area is 122 Å². The van der Waals surface area contributed by atoms with Gasteiger partial charge in [-0.05, 0) is 35.0 Å². The minimum absolute atomic E-state index is 0.0159. The van der Waals surface area contributed by atoms with Gasteiger partial charge in [-0.2, -0.15) is 0 Å². The molecular weight excluding hydrogens is 363 g/mol. The van der Waals surface area contributed by atoms with Crippen molar-refractivity contribution >= 4 is 43.4 Å². The summed E-state index contributed by atoms with van der Waals surface area (Å²) in [6.45, 7) is 1.26. The Kier molecular flexibility index (Phi) is 4.94. The van der Waals surface area contributed by atoms with Gasteiger partial charge in [-0.25, -0.2) is 12.8 Å². The molecule has 9 heteroatoms. The van der Waals surface area contributed by atoms with Crippen LogP contribution in [0.25, 0.3) is 0 Å². The number of aliphatic hydroxyl groups is 1. The van der Waals surface area contributed by atoms with Crippen LogP contribution >= 0.6 is 27.5 Å². The highest BCUT2D eigenvalue weighted by Gasteiger charge is 2.21. The van der Waals surface area contributed by atoms with E-state index < -0.39 is 26.6 Å². The first-order valence-corrected chi connectivity index (χ1v) is 7.42. The van der Waals surface area contributed by atoms with E-state index in [1.165, 1.54) is 6.92 Å². The van der Waals surface area contributed by atoms with Crippen LogP contribution in [0.3, 0.4) is 0 Å². The second kappa shape index (κ2) is 5.89. The van der Waals surface area contributed by atoms with Gasteiger partial charge in [-0.3, -0.25) is 10.1 Å². The van der Waals surface area contributed by atoms with Gasteiger partial charge in [0.1, 0.15) is 16.5 Å². The Bertz CT molecular complexity index is 657. The second-order valence-corrected chi connectivity index (χ2v) is 6.41. The number of benzene rings is 1. The van der Waals surface area contributed by atoms with E-state index in [2.05, 4.69) is 15.9 Å². The van der Waals surface area contributed by atoms with Gasteiger partial charge in [0.15, 0.2) is 0 Å². The molecule has 0 saturated heterocycles. The summed E-state index contributed by atoms with van der Waals surface area (Å²) in [6, 6.07) is 1.83. The SMILES string of the molecule is C/C(O)=C/C(=N)NS(=O)(=O)c1cc(Cl)c(Br)cc1F. The zero-order chi connectivity index (χ0) is 14.8. The van der Waals surface area contributed by atoms with Gasteiger partial charge < -0.3 is 5.11 Å². The summed E-state index contributed by atoms with van der Waals surface area (Å²) < 4.78 is 39.3. The Balaban J connectivity index is 3.18. The van der Waals surface area contributed by atoms with Gasteiger partial charge in [0.25, 0.3) is 10.0 Å². The van der Waals surface area contributed by atoms with Crippen LogP contribution < -0.4 is 4.72 Å². The second-order valence-electron chi connectivity index (χ2n) is 3.50. The first-order valence-electron chi connectivity index (χ1n) is 4.76. The number of hydrogen-bond donors (Lipinski definition) is 3. The van der Waals surface area contributed by atoms with Crippen LogP contribution in [0.1, 0.15) is 6.92 Å². The van der Waals surface area contributed by atoms with Crippen molar-refractivity contribution in [1.82, 2.24) is 4.72 Å². The third kappa shape index (κ3) is 4.19. The van der Waals surface area contributed by atoms with Crippen LogP contribution in [0.4, 0.5) is 4.39 Å². The first kappa shape index (κ1) is 15.9. The number of hydrogen-bond acceptors (Lipinski definition) is 4. The normalized spacial score (nSPS) is 12.3. The molecule has 3 N–H and O–H groups in total. The molecule has 0 spiro atoms. The van der Waals surface area contributed by atoms with Gasteiger partial charge in [-0.1, -0.05) is 11.6 Å². The first-order chi connectivity index (χ1) is 8.63. The Morgan fingerprint density at radius 3 is 2.68 bits per heavy atom. The summed E-state index contributed by atoms with van der Waals surface area (Å²) in [6.07, 6.45) is 0.871. The van der Waals surface area contributed by atoms with Crippen molar-refractivity contribution in [3.05, 3.63) is 39.3 Å². The molecule has 0 saturated carbocycles. The maximum atomic E-state index is 13.6. The van der Waals surface area contributed by atoms with Crippen LogP contribution in [0.5, 0.6) is 0 Å². The number of amidine groups is 1. The van der Waals surface area contributed by atoms with Gasteiger partial charge in [0.2, 0.25) is 0 Å². The summed E-state index contributed by atoms with van der Waals surface area (Å²) in [7, 11) is -4.29. The Morgan fingerprint density at radius 2 is 2.16 bits per heavy atom. The van der Waals surface area contributed by atoms with Crippen LogP contribution in [-0.4, -0.2) is 19.4 Å². The fourth-order valence-electron chi connectivity index (χ4n) is 1.15. The maximum Gasteiger partial charge on any atom is 0.266 e. The molecule has 0 atom stereocenters. The lowest BCUT2D eigenvalue weighted by atomic mass is 10.3. The number of aliphatic hydroxyl groups excluding tert-OH is 1. The molecule has 19 heavy (non-hydrogen) atoms. The largest absolute Gasteiger partial charge is 0.512 e. The molecule has 0 amide bonds. The smallest absolute Gasteiger partial charge is 0.266 e. The van der Waals surface area contributed by atoms with Crippen molar-refractivity contribution in [2.75, 3.05) is 0 Å². The predicted octanol–water partition coefficient (Wildman–Crippen LogP) is 2.96. The molecule has 0 aliphatic rings. The lowest BCUT2D eigenvalue weighted by Gasteiger charge is -2.09. The third-order valence-corrected chi connectivity index (χ3v) is 4.44. The fourth-order valence-corrected chi connectivity index (χ4v) is 2.74. The molecule has 5 nitrogen and oxygen atoms in total. The number of sulfonamides is 1. The van der Waals surface area contributed by atoms with E-state index in [4.69, 9.17) is 22.1 Å². The van der Waals surface area contributed by atoms with E-state index in [0.717, 1.165) is 18.2 Å². The average molecular weight is 372 g/mol. The highest BCUT2D eigenvalue weighted by Crippen LogP contribution is 2.27. The quantitative estimate of drug-likeness (QED) is 0.330. The van der Waals surface area contributed by atoms with Crippen molar-refractivity contribution in [2.45, 2.75) is 11.8 Å². The molecule has 0 radical (unpaired) electrons. The van der Waals surface area contributed by atoms with Gasteiger partial charge in [-0.15, -0.1) is 0 Å². The van der Waals surface area contributed by atoms with E-state index in [0.29, 0.717) is 0 Å². The molecule has 1 rings (SSSR count). The maximum absolute atomic E-state index is 13.6. The minimum Gasteiger partial charge on any atom is -0.512 e. The summed E-state index contributed by atoms with van der Waals surface area (Å²) in [5.41, 5.74) is 0.